The first kappa shape index (κ1) is 15.3. The molecule has 1 aromatic carbocycles. The molecule has 110 valence electrons. The zero-order valence-corrected chi connectivity index (χ0v) is 12.7. The molecule has 1 aliphatic rings. The second-order valence-electron chi connectivity index (χ2n) is 5.15. The molecule has 20 heavy (non-hydrogen) atoms. The highest BCUT2D eigenvalue weighted by atomic mass is 35.5. The van der Waals surface area contributed by atoms with Crippen LogP contribution in [0.1, 0.15) is 25.5 Å². The van der Waals surface area contributed by atoms with Crippen LogP contribution in [0.5, 0.6) is 0 Å². The summed E-state index contributed by atoms with van der Waals surface area (Å²) in [5.41, 5.74) is 1.01. The number of morpholine rings is 1. The van der Waals surface area contributed by atoms with Gasteiger partial charge in [-0.3, -0.25) is 4.79 Å². The van der Waals surface area contributed by atoms with Crippen molar-refractivity contribution in [2.24, 2.45) is 0 Å². The molecular weight excluding hydrogens is 276 g/mol. The van der Waals surface area contributed by atoms with Crippen LogP contribution in [0.3, 0.4) is 0 Å². The van der Waals surface area contributed by atoms with Gasteiger partial charge in [0.15, 0.2) is 0 Å². The van der Waals surface area contributed by atoms with Crippen molar-refractivity contribution in [2.75, 3.05) is 26.2 Å². The number of halogens is 1. The van der Waals surface area contributed by atoms with Crippen molar-refractivity contribution in [1.29, 1.82) is 0 Å². The first-order valence-corrected chi connectivity index (χ1v) is 7.33. The van der Waals surface area contributed by atoms with Crippen LogP contribution in [0.2, 0.25) is 5.02 Å². The molecule has 0 spiro atoms. The number of rotatable bonds is 4. The van der Waals surface area contributed by atoms with Crippen molar-refractivity contribution in [3.05, 3.63) is 34.9 Å². The van der Waals surface area contributed by atoms with E-state index in [0.29, 0.717) is 26.2 Å². The van der Waals surface area contributed by atoms with Crippen LogP contribution in [0.25, 0.3) is 0 Å². The summed E-state index contributed by atoms with van der Waals surface area (Å²) in [5.74, 6) is 0.110. The molecule has 1 saturated heterocycles. The Balaban J connectivity index is 1.85. The van der Waals surface area contributed by atoms with Gasteiger partial charge in [-0.05, 0) is 25.5 Å². The fraction of sp³-hybridized carbons (Fsp3) is 0.533. The van der Waals surface area contributed by atoms with Crippen LogP contribution in [-0.4, -0.2) is 43.2 Å². The maximum absolute atomic E-state index is 12.1. The van der Waals surface area contributed by atoms with Crippen LogP contribution in [0.4, 0.5) is 0 Å². The molecule has 0 bridgehead atoms. The van der Waals surface area contributed by atoms with Gasteiger partial charge < -0.3 is 15.0 Å². The van der Waals surface area contributed by atoms with Gasteiger partial charge in [0.05, 0.1) is 19.3 Å². The Morgan fingerprint density at radius 3 is 3.00 bits per heavy atom. The largest absolute Gasteiger partial charge is 0.375 e. The zero-order chi connectivity index (χ0) is 14.5. The number of nitrogens with zero attached hydrogens (tertiary/aromatic N) is 1. The van der Waals surface area contributed by atoms with E-state index in [9.17, 15) is 4.79 Å². The normalized spacial score (nSPS) is 20.8. The number of carbonyl (C=O) groups excluding carboxylic acids is 1. The first-order chi connectivity index (χ1) is 9.58. The number of carbonyl (C=O) groups is 1. The summed E-state index contributed by atoms with van der Waals surface area (Å²) in [6.07, 6.45) is 0.119. The SMILES string of the molecule is C[C@H](NCC(=O)N1CCO[C@@H](C)C1)c1ccccc1Cl. The third kappa shape index (κ3) is 3.95. The molecule has 2 atom stereocenters. The van der Waals surface area contributed by atoms with Crippen LogP contribution in [-0.2, 0) is 9.53 Å². The van der Waals surface area contributed by atoms with Crippen LogP contribution < -0.4 is 5.32 Å². The molecule has 2 rings (SSSR count). The van der Waals surface area contributed by atoms with Crippen molar-refractivity contribution in [3.63, 3.8) is 0 Å². The minimum Gasteiger partial charge on any atom is -0.375 e. The molecule has 5 heteroatoms. The fourth-order valence-corrected chi connectivity index (χ4v) is 2.63. The monoisotopic (exact) mass is 296 g/mol. The minimum absolute atomic E-state index is 0.0473. The van der Waals surface area contributed by atoms with Gasteiger partial charge in [0, 0.05) is 24.2 Å². The number of ether oxygens (including phenoxy) is 1. The van der Waals surface area contributed by atoms with E-state index in [1.807, 2.05) is 43.0 Å². The second-order valence-corrected chi connectivity index (χ2v) is 5.55. The Morgan fingerprint density at radius 1 is 1.55 bits per heavy atom. The van der Waals surface area contributed by atoms with E-state index >= 15 is 0 Å². The molecule has 0 aliphatic carbocycles. The van der Waals surface area contributed by atoms with Crippen molar-refractivity contribution in [1.82, 2.24) is 10.2 Å². The first-order valence-electron chi connectivity index (χ1n) is 6.95. The van der Waals surface area contributed by atoms with E-state index < -0.39 is 0 Å². The van der Waals surface area contributed by atoms with Crippen LogP contribution in [0, 0.1) is 0 Å². The molecule has 0 aromatic heterocycles. The Morgan fingerprint density at radius 2 is 2.30 bits per heavy atom. The molecule has 1 aromatic rings. The summed E-state index contributed by atoms with van der Waals surface area (Å²) in [6.45, 7) is 6.27. The summed E-state index contributed by atoms with van der Waals surface area (Å²) in [5, 5.41) is 3.96. The third-order valence-electron chi connectivity index (χ3n) is 3.52. The van der Waals surface area contributed by atoms with Crippen molar-refractivity contribution >= 4 is 17.5 Å². The number of amides is 1. The lowest BCUT2D eigenvalue weighted by atomic mass is 10.1. The van der Waals surface area contributed by atoms with Gasteiger partial charge >= 0.3 is 0 Å². The Labute approximate surface area is 125 Å². The number of hydrogen-bond donors (Lipinski definition) is 1. The van der Waals surface area contributed by atoms with Crippen molar-refractivity contribution in [2.45, 2.75) is 26.0 Å². The summed E-state index contributed by atoms with van der Waals surface area (Å²) >= 11 is 6.15. The second kappa shape index (κ2) is 7.07. The van der Waals surface area contributed by atoms with Crippen LogP contribution in [0.15, 0.2) is 24.3 Å². The van der Waals surface area contributed by atoms with Crippen molar-refractivity contribution in [3.8, 4) is 0 Å². The Kier molecular flexibility index (Phi) is 5.40. The van der Waals surface area contributed by atoms with Crippen molar-refractivity contribution < 1.29 is 9.53 Å². The quantitative estimate of drug-likeness (QED) is 0.926. The fourth-order valence-electron chi connectivity index (χ4n) is 2.33. The van der Waals surface area contributed by atoms with E-state index in [1.165, 1.54) is 0 Å². The van der Waals surface area contributed by atoms with Crippen LogP contribution >= 0.6 is 11.6 Å². The summed E-state index contributed by atoms with van der Waals surface area (Å²) in [6, 6.07) is 7.73. The van der Waals surface area contributed by atoms with E-state index in [1.54, 1.807) is 0 Å². The molecule has 1 aliphatic heterocycles. The lowest BCUT2D eigenvalue weighted by Crippen LogP contribution is -2.47. The lowest BCUT2D eigenvalue weighted by molar-refractivity contribution is -0.137. The lowest BCUT2D eigenvalue weighted by Gasteiger charge is -2.31. The molecule has 0 unspecified atom stereocenters. The smallest absolute Gasteiger partial charge is 0.236 e. The molecule has 1 heterocycles. The molecule has 1 fully saturated rings. The highest BCUT2D eigenvalue weighted by Gasteiger charge is 2.21. The van der Waals surface area contributed by atoms with E-state index in [2.05, 4.69) is 5.32 Å². The topological polar surface area (TPSA) is 41.6 Å². The Hall–Kier alpha value is -1.10. The predicted octanol–water partition coefficient (Wildman–Crippen LogP) is 2.24. The molecule has 0 saturated carbocycles. The zero-order valence-electron chi connectivity index (χ0n) is 11.9. The van der Waals surface area contributed by atoms with Gasteiger partial charge in [0.2, 0.25) is 5.91 Å². The molecule has 1 N–H and O–H groups in total. The van der Waals surface area contributed by atoms with E-state index in [0.717, 1.165) is 10.6 Å². The highest BCUT2D eigenvalue weighted by Crippen LogP contribution is 2.21. The predicted molar refractivity (Wildman–Crippen MR) is 79.9 cm³/mol. The molecular formula is C15H21ClN2O2. The maximum Gasteiger partial charge on any atom is 0.236 e. The number of benzene rings is 1. The number of nitrogens with one attached hydrogen (secondary N) is 1. The van der Waals surface area contributed by atoms with Gasteiger partial charge in [-0.25, -0.2) is 0 Å². The summed E-state index contributed by atoms with van der Waals surface area (Å²) in [4.78, 5) is 14.0. The highest BCUT2D eigenvalue weighted by molar-refractivity contribution is 6.31. The molecule has 0 radical (unpaired) electrons. The maximum atomic E-state index is 12.1. The van der Waals surface area contributed by atoms with Gasteiger partial charge in [-0.1, -0.05) is 29.8 Å². The van der Waals surface area contributed by atoms with Gasteiger partial charge in [0.25, 0.3) is 0 Å². The van der Waals surface area contributed by atoms with Gasteiger partial charge in [-0.15, -0.1) is 0 Å². The standard InChI is InChI=1S/C15H21ClN2O2/c1-11-10-18(7-8-20-11)15(19)9-17-12(2)13-5-3-4-6-14(13)16/h3-6,11-12,17H,7-10H2,1-2H3/t11-,12-/m0/s1. The third-order valence-corrected chi connectivity index (χ3v) is 3.87. The minimum atomic E-state index is 0.0473. The molecule has 1 amide bonds. The van der Waals surface area contributed by atoms with E-state index in [4.69, 9.17) is 16.3 Å². The Bertz CT molecular complexity index is 467. The molecule has 4 nitrogen and oxygen atoms in total. The van der Waals surface area contributed by atoms with Gasteiger partial charge in [-0.2, -0.15) is 0 Å². The van der Waals surface area contributed by atoms with E-state index in [-0.39, 0.29) is 18.1 Å². The summed E-state index contributed by atoms with van der Waals surface area (Å²) < 4.78 is 5.44. The number of hydrogen-bond acceptors (Lipinski definition) is 3. The summed E-state index contributed by atoms with van der Waals surface area (Å²) in [7, 11) is 0. The van der Waals surface area contributed by atoms with Gasteiger partial charge in [0.1, 0.15) is 0 Å². The average Bonchev–Trinajstić information content (AvgIpc) is 2.45. The average molecular weight is 297 g/mol.